The molecule has 0 spiro atoms. The molecule has 1 heterocycles. The van der Waals surface area contributed by atoms with Crippen LogP contribution >= 0.6 is 0 Å². The number of aliphatic hydroxyl groups is 1. The first-order valence-corrected chi connectivity index (χ1v) is 5.51. The van der Waals surface area contributed by atoms with Gasteiger partial charge in [0.25, 0.3) is 0 Å². The van der Waals surface area contributed by atoms with Crippen LogP contribution < -0.4 is 5.73 Å². The smallest absolute Gasteiger partial charge is 0.157 e. The van der Waals surface area contributed by atoms with Gasteiger partial charge in [0, 0.05) is 19.5 Å². The fourth-order valence-corrected chi connectivity index (χ4v) is 2.17. The number of nitrogens with zero attached hydrogens (tertiary/aromatic N) is 3. The van der Waals surface area contributed by atoms with E-state index in [2.05, 4.69) is 10.1 Å². The van der Waals surface area contributed by atoms with E-state index in [-0.39, 0.29) is 6.54 Å². The van der Waals surface area contributed by atoms with Gasteiger partial charge in [-0.15, -0.1) is 0 Å². The van der Waals surface area contributed by atoms with Crippen LogP contribution in [0.3, 0.4) is 0 Å². The molecule has 1 unspecified atom stereocenters. The molecular formula is C10H18N4O. The van der Waals surface area contributed by atoms with Gasteiger partial charge in [0.15, 0.2) is 11.6 Å². The molecule has 2 rings (SSSR count). The van der Waals surface area contributed by atoms with Crippen LogP contribution in [0.1, 0.15) is 49.4 Å². The van der Waals surface area contributed by atoms with Crippen LogP contribution in [0.2, 0.25) is 0 Å². The normalized spacial score (nSPS) is 19.7. The van der Waals surface area contributed by atoms with Crippen molar-refractivity contribution in [3.05, 3.63) is 11.6 Å². The van der Waals surface area contributed by atoms with Gasteiger partial charge in [-0.05, 0) is 12.8 Å². The zero-order valence-electron chi connectivity index (χ0n) is 9.06. The van der Waals surface area contributed by atoms with Gasteiger partial charge in [-0.25, -0.2) is 4.98 Å². The molecule has 0 radical (unpaired) electrons. The van der Waals surface area contributed by atoms with E-state index in [0.29, 0.717) is 11.7 Å². The van der Waals surface area contributed by atoms with E-state index in [1.54, 1.807) is 11.7 Å². The van der Waals surface area contributed by atoms with Gasteiger partial charge in [-0.1, -0.05) is 12.8 Å². The zero-order chi connectivity index (χ0) is 10.8. The van der Waals surface area contributed by atoms with Crippen molar-refractivity contribution in [1.29, 1.82) is 0 Å². The Morgan fingerprint density at radius 1 is 1.53 bits per heavy atom. The monoisotopic (exact) mass is 210 g/mol. The Hall–Kier alpha value is -0.940. The highest BCUT2D eigenvalue weighted by Crippen LogP contribution is 2.32. The molecule has 0 aliphatic heterocycles. The van der Waals surface area contributed by atoms with Crippen LogP contribution in [-0.4, -0.2) is 26.4 Å². The highest BCUT2D eigenvalue weighted by molar-refractivity contribution is 5.03. The molecule has 5 heteroatoms. The summed E-state index contributed by atoms with van der Waals surface area (Å²) in [5.41, 5.74) is 5.40. The number of hydrogen-bond acceptors (Lipinski definition) is 4. The number of aromatic nitrogens is 3. The third-order valence-corrected chi connectivity index (χ3v) is 3.05. The Kier molecular flexibility index (Phi) is 3.02. The standard InChI is InChI=1S/C10H18N4O/c1-14-10(8(15)6-11)12-9(13-14)7-4-2-3-5-7/h7-8,15H,2-6,11H2,1H3. The minimum absolute atomic E-state index is 0.191. The lowest BCUT2D eigenvalue weighted by molar-refractivity contribution is 0.171. The predicted octanol–water partition coefficient (Wildman–Crippen LogP) is 0.465. The van der Waals surface area contributed by atoms with Crippen LogP contribution in [0.5, 0.6) is 0 Å². The summed E-state index contributed by atoms with van der Waals surface area (Å²) in [7, 11) is 1.81. The van der Waals surface area contributed by atoms with Crippen molar-refractivity contribution in [3.63, 3.8) is 0 Å². The van der Waals surface area contributed by atoms with Gasteiger partial charge in [-0.3, -0.25) is 4.68 Å². The molecule has 1 aromatic heterocycles. The van der Waals surface area contributed by atoms with Gasteiger partial charge in [0.1, 0.15) is 6.10 Å². The Morgan fingerprint density at radius 2 is 2.20 bits per heavy atom. The summed E-state index contributed by atoms with van der Waals surface area (Å²) in [6, 6.07) is 0. The molecule has 15 heavy (non-hydrogen) atoms. The van der Waals surface area contributed by atoms with Crippen molar-refractivity contribution >= 4 is 0 Å². The van der Waals surface area contributed by atoms with Crippen LogP contribution in [0, 0.1) is 0 Å². The lowest BCUT2D eigenvalue weighted by Crippen LogP contribution is -2.16. The Bertz CT molecular complexity index is 330. The lowest BCUT2D eigenvalue weighted by Gasteiger charge is -2.04. The first kappa shape index (κ1) is 10.6. The van der Waals surface area contributed by atoms with Crippen molar-refractivity contribution in [3.8, 4) is 0 Å². The van der Waals surface area contributed by atoms with Crippen molar-refractivity contribution in [2.45, 2.75) is 37.7 Å². The van der Waals surface area contributed by atoms with Gasteiger partial charge >= 0.3 is 0 Å². The van der Waals surface area contributed by atoms with Gasteiger partial charge in [0.2, 0.25) is 0 Å². The van der Waals surface area contributed by atoms with E-state index >= 15 is 0 Å². The fraction of sp³-hybridized carbons (Fsp3) is 0.800. The summed E-state index contributed by atoms with van der Waals surface area (Å²) < 4.78 is 1.64. The van der Waals surface area contributed by atoms with Crippen LogP contribution in [-0.2, 0) is 7.05 Å². The summed E-state index contributed by atoms with van der Waals surface area (Å²) in [5.74, 6) is 1.94. The molecule has 1 atom stereocenters. The molecule has 1 aliphatic rings. The Balaban J connectivity index is 2.20. The maximum atomic E-state index is 9.62. The maximum absolute atomic E-state index is 9.62. The summed E-state index contributed by atoms with van der Waals surface area (Å²) >= 11 is 0. The second-order valence-corrected chi connectivity index (χ2v) is 4.18. The number of hydrogen-bond donors (Lipinski definition) is 2. The van der Waals surface area contributed by atoms with Crippen molar-refractivity contribution in [2.24, 2.45) is 12.8 Å². The van der Waals surface area contributed by atoms with Crippen LogP contribution in [0.4, 0.5) is 0 Å². The number of aliphatic hydroxyl groups excluding tert-OH is 1. The third-order valence-electron chi connectivity index (χ3n) is 3.05. The zero-order valence-corrected chi connectivity index (χ0v) is 9.06. The molecule has 0 amide bonds. The molecule has 1 saturated carbocycles. The van der Waals surface area contributed by atoms with E-state index in [1.807, 2.05) is 0 Å². The van der Waals surface area contributed by atoms with Crippen molar-refractivity contribution < 1.29 is 5.11 Å². The molecule has 3 N–H and O–H groups in total. The predicted molar refractivity (Wildman–Crippen MR) is 56.2 cm³/mol. The van der Waals surface area contributed by atoms with E-state index in [1.165, 1.54) is 25.7 Å². The second kappa shape index (κ2) is 4.28. The van der Waals surface area contributed by atoms with Gasteiger partial charge < -0.3 is 10.8 Å². The maximum Gasteiger partial charge on any atom is 0.157 e. The summed E-state index contributed by atoms with van der Waals surface area (Å²) in [6.07, 6.45) is 4.16. The molecular weight excluding hydrogens is 192 g/mol. The van der Waals surface area contributed by atoms with Crippen LogP contribution in [0.25, 0.3) is 0 Å². The van der Waals surface area contributed by atoms with Crippen molar-refractivity contribution in [1.82, 2.24) is 14.8 Å². The molecule has 0 saturated heterocycles. The van der Waals surface area contributed by atoms with E-state index in [0.717, 1.165) is 5.82 Å². The SMILES string of the molecule is Cn1nc(C2CCCC2)nc1C(O)CN. The molecule has 1 fully saturated rings. The first-order valence-electron chi connectivity index (χ1n) is 5.51. The summed E-state index contributed by atoms with van der Waals surface area (Å²) in [6.45, 7) is 0.191. The highest BCUT2D eigenvalue weighted by atomic mass is 16.3. The van der Waals surface area contributed by atoms with E-state index in [9.17, 15) is 5.11 Å². The minimum Gasteiger partial charge on any atom is -0.384 e. The second-order valence-electron chi connectivity index (χ2n) is 4.18. The molecule has 1 aliphatic carbocycles. The summed E-state index contributed by atoms with van der Waals surface area (Å²) in [5, 5.41) is 14.0. The highest BCUT2D eigenvalue weighted by Gasteiger charge is 2.23. The Morgan fingerprint density at radius 3 is 2.80 bits per heavy atom. The average molecular weight is 210 g/mol. The minimum atomic E-state index is -0.697. The van der Waals surface area contributed by atoms with E-state index in [4.69, 9.17) is 5.73 Å². The molecule has 5 nitrogen and oxygen atoms in total. The van der Waals surface area contributed by atoms with E-state index < -0.39 is 6.10 Å². The first-order chi connectivity index (χ1) is 7.22. The number of nitrogens with two attached hydrogens (primary N) is 1. The van der Waals surface area contributed by atoms with Gasteiger partial charge in [0.05, 0.1) is 0 Å². The largest absolute Gasteiger partial charge is 0.384 e. The van der Waals surface area contributed by atoms with Gasteiger partial charge in [-0.2, -0.15) is 5.10 Å². The van der Waals surface area contributed by atoms with Crippen LogP contribution in [0.15, 0.2) is 0 Å². The Labute approximate surface area is 89.3 Å². The number of aryl methyl sites for hydroxylation is 1. The number of rotatable bonds is 3. The molecule has 1 aromatic rings. The van der Waals surface area contributed by atoms with Crippen molar-refractivity contribution in [2.75, 3.05) is 6.54 Å². The quantitative estimate of drug-likeness (QED) is 0.760. The average Bonchev–Trinajstić information content (AvgIpc) is 2.84. The third kappa shape index (κ3) is 2.03. The molecule has 84 valence electrons. The topological polar surface area (TPSA) is 77.0 Å². The summed E-state index contributed by atoms with van der Waals surface area (Å²) in [4.78, 5) is 4.38. The lowest BCUT2D eigenvalue weighted by atomic mass is 10.1. The molecule has 0 bridgehead atoms. The molecule has 0 aromatic carbocycles. The fourth-order valence-electron chi connectivity index (χ4n) is 2.17.